The second kappa shape index (κ2) is 7.53. The van der Waals surface area contributed by atoms with Crippen LogP contribution >= 0.6 is 11.3 Å². The monoisotopic (exact) mass is 407 g/mol. The van der Waals surface area contributed by atoms with Crippen molar-refractivity contribution in [1.29, 1.82) is 0 Å². The van der Waals surface area contributed by atoms with E-state index in [1.165, 1.54) is 11.3 Å². The van der Waals surface area contributed by atoms with Crippen molar-refractivity contribution in [1.82, 2.24) is 9.97 Å². The third kappa shape index (κ3) is 3.81. The molecule has 0 radical (unpaired) electrons. The number of sulfonamides is 1. The molecule has 4 aromatic rings. The quantitative estimate of drug-likeness (QED) is 0.506. The van der Waals surface area contributed by atoms with E-state index in [1.54, 1.807) is 48.8 Å². The van der Waals surface area contributed by atoms with Crippen LogP contribution < -0.4 is 4.72 Å². The standard InChI is InChI=1S/C21H17N3O2S2/c1-15-9-11-16(12-10-15)28(25,26)24-18-7-3-2-6-17(18)21-23-14-20(27-21)19-8-4-5-13-22-19/h2-14,24H,1H3. The zero-order valence-corrected chi connectivity index (χ0v) is 16.7. The normalized spacial score (nSPS) is 11.3. The smallest absolute Gasteiger partial charge is 0.261 e. The average molecular weight is 408 g/mol. The molecule has 4 rings (SSSR count). The van der Waals surface area contributed by atoms with Crippen molar-refractivity contribution in [2.45, 2.75) is 11.8 Å². The van der Waals surface area contributed by atoms with Crippen molar-refractivity contribution in [2.24, 2.45) is 0 Å². The number of aromatic nitrogens is 2. The first-order valence-corrected chi connectivity index (χ1v) is 10.9. The second-order valence-corrected chi connectivity index (χ2v) is 8.92. The van der Waals surface area contributed by atoms with Crippen LogP contribution in [0.5, 0.6) is 0 Å². The summed E-state index contributed by atoms with van der Waals surface area (Å²) >= 11 is 1.47. The van der Waals surface area contributed by atoms with Gasteiger partial charge in [0.05, 0.1) is 21.2 Å². The number of thiazole rings is 1. The molecule has 0 amide bonds. The topological polar surface area (TPSA) is 72.0 Å². The fraction of sp³-hybridized carbons (Fsp3) is 0.0476. The number of hydrogen-bond donors (Lipinski definition) is 1. The third-order valence-corrected chi connectivity index (χ3v) is 6.59. The Morgan fingerprint density at radius 3 is 2.39 bits per heavy atom. The number of hydrogen-bond acceptors (Lipinski definition) is 5. The fourth-order valence-electron chi connectivity index (χ4n) is 2.71. The first kappa shape index (κ1) is 18.3. The van der Waals surface area contributed by atoms with Crippen LogP contribution in [0, 0.1) is 6.92 Å². The van der Waals surface area contributed by atoms with Crippen LogP contribution in [0.15, 0.2) is 84.0 Å². The second-order valence-electron chi connectivity index (χ2n) is 6.21. The number of rotatable bonds is 5. The Hall–Kier alpha value is -3.03. The molecule has 1 N–H and O–H groups in total. The van der Waals surface area contributed by atoms with Gasteiger partial charge in [-0.05, 0) is 43.3 Å². The van der Waals surface area contributed by atoms with Gasteiger partial charge in [0, 0.05) is 18.0 Å². The van der Waals surface area contributed by atoms with E-state index in [2.05, 4.69) is 14.7 Å². The van der Waals surface area contributed by atoms with E-state index in [0.717, 1.165) is 26.7 Å². The van der Waals surface area contributed by atoms with E-state index in [-0.39, 0.29) is 4.90 Å². The molecule has 2 heterocycles. The van der Waals surface area contributed by atoms with Gasteiger partial charge in [-0.2, -0.15) is 0 Å². The summed E-state index contributed by atoms with van der Waals surface area (Å²) in [5.41, 5.74) is 3.06. The number of anilines is 1. The Kier molecular flexibility index (Phi) is 4.93. The van der Waals surface area contributed by atoms with Crippen LogP contribution in [0.4, 0.5) is 5.69 Å². The molecule has 0 aliphatic heterocycles. The lowest BCUT2D eigenvalue weighted by Crippen LogP contribution is -2.13. The Bertz CT molecular complexity index is 1200. The first-order chi connectivity index (χ1) is 13.5. The maximum atomic E-state index is 12.8. The molecule has 0 saturated carbocycles. The molecular weight excluding hydrogens is 390 g/mol. The molecule has 0 aliphatic carbocycles. The van der Waals surface area contributed by atoms with Crippen molar-refractivity contribution in [2.75, 3.05) is 4.72 Å². The molecule has 0 atom stereocenters. The van der Waals surface area contributed by atoms with E-state index in [1.807, 2.05) is 37.3 Å². The minimum absolute atomic E-state index is 0.223. The highest BCUT2D eigenvalue weighted by atomic mass is 32.2. The third-order valence-electron chi connectivity index (χ3n) is 4.16. The number of benzene rings is 2. The zero-order valence-electron chi connectivity index (χ0n) is 15.0. The predicted molar refractivity (Wildman–Crippen MR) is 113 cm³/mol. The first-order valence-electron chi connectivity index (χ1n) is 8.59. The molecule has 0 saturated heterocycles. The molecule has 0 bridgehead atoms. The molecule has 2 aromatic carbocycles. The Morgan fingerprint density at radius 1 is 0.893 bits per heavy atom. The SMILES string of the molecule is Cc1ccc(S(=O)(=O)Nc2ccccc2-c2ncc(-c3ccccn3)s2)cc1. The summed E-state index contributed by atoms with van der Waals surface area (Å²) in [4.78, 5) is 9.97. The van der Waals surface area contributed by atoms with Gasteiger partial charge >= 0.3 is 0 Å². The molecule has 0 aliphatic rings. The van der Waals surface area contributed by atoms with Gasteiger partial charge in [-0.25, -0.2) is 13.4 Å². The molecule has 5 nitrogen and oxygen atoms in total. The van der Waals surface area contributed by atoms with Gasteiger partial charge in [-0.15, -0.1) is 11.3 Å². The van der Waals surface area contributed by atoms with Crippen LogP contribution in [0.1, 0.15) is 5.56 Å². The highest BCUT2D eigenvalue weighted by Crippen LogP contribution is 2.35. The summed E-state index contributed by atoms with van der Waals surface area (Å²) in [6, 6.07) is 19.7. The number of para-hydroxylation sites is 1. The Labute approximate surface area is 167 Å². The van der Waals surface area contributed by atoms with Gasteiger partial charge in [0.2, 0.25) is 0 Å². The number of nitrogens with zero attached hydrogens (tertiary/aromatic N) is 2. The molecule has 7 heteroatoms. The van der Waals surface area contributed by atoms with Crippen LogP contribution in [-0.2, 0) is 10.0 Å². The lowest BCUT2D eigenvalue weighted by molar-refractivity contribution is 0.601. The molecule has 0 spiro atoms. The van der Waals surface area contributed by atoms with Crippen LogP contribution in [0.3, 0.4) is 0 Å². The van der Waals surface area contributed by atoms with E-state index < -0.39 is 10.0 Å². The highest BCUT2D eigenvalue weighted by molar-refractivity contribution is 7.92. The molecular formula is C21H17N3O2S2. The minimum Gasteiger partial charge on any atom is -0.279 e. The number of pyridine rings is 1. The van der Waals surface area contributed by atoms with Crippen molar-refractivity contribution in [3.05, 3.63) is 84.7 Å². The largest absolute Gasteiger partial charge is 0.279 e. The van der Waals surface area contributed by atoms with Gasteiger partial charge in [0.25, 0.3) is 10.0 Å². The lowest BCUT2D eigenvalue weighted by Gasteiger charge is -2.11. The summed E-state index contributed by atoms with van der Waals surface area (Å²) in [6.45, 7) is 1.92. The van der Waals surface area contributed by atoms with Crippen LogP contribution in [-0.4, -0.2) is 18.4 Å². The maximum Gasteiger partial charge on any atom is 0.261 e. The summed E-state index contributed by atoms with van der Waals surface area (Å²) in [6.07, 6.45) is 3.49. The summed E-state index contributed by atoms with van der Waals surface area (Å²) < 4.78 is 28.3. The highest BCUT2D eigenvalue weighted by Gasteiger charge is 2.18. The predicted octanol–water partition coefficient (Wildman–Crippen LogP) is 4.98. The van der Waals surface area contributed by atoms with E-state index >= 15 is 0 Å². The van der Waals surface area contributed by atoms with Crippen molar-refractivity contribution in [3.63, 3.8) is 0 Å². The van der Waals surface area contributed by atoms with Gasteiger partial charge < -0.3 is 0 Å². The molecule has 2 aromatic heterocycles. The lowest BCUT2D eigenvalue weighted by atomic mass is 10.2. The van der Waals surface area contributed by atoms with Gasteiger partial charge in [-0.3, -0.25) is 9.71 Å². The van der Waals surface area contributed by atoms with Gasteiger partial charge in [-0.1, -0.05) is 35.9 Å². The molecule has 0 unspecified atom stereocenters. The average Bonchev–Trinajstić information content (AvgIpc) is 3.19. The van der Waals surface area contributed by atoms with Crippen molar-refractivity contribution < 1.29 is 8.42 Å². The summed E-state index contributed by atoms with van der Waals surface area (Å²) in [5, 5.41) is 0.725. The molecule has 28 heavy (non-hydrogen) atoms. The van der Waals surface area contributed by atoms with Gasteiger partial charge in [0.15, 0.2) is 0 Å². The van der Waals surface area contributed by atoms with E-state index in [0.29, 0.717) is 5.69 Å². The van der Waals surface area contributed by atoms with E-state index in [9.17, 15) is 8.42 Å². The van der Waals surface area contributed by atoms with Crippen molar-refractivity contribution >= 4 is 27.0 Å². The fourth-order valence-corrected chi connectivity index (χ4v) is 4.72. The molecule has 0 fully saturated rings. The Balaban J connectivity index is 1.68. The minimum atomic E-state index is -3.69. The molecule has 140 valence electrons. The summed E-state index contributed by atoms with van der Waals surface area (Å²) in [7, 11) is -3.69. The Morgan fingerprint density at radius 2 is 1.64 bits per heavy atom. The number of nitrogens with one attached hydrogen (secondary N) is 1. The number of aryl methyl sites for hydroxylation is 1. The zero-order chi connectivity index (χ0) is 19.6. The van der Waals surface area contributed by atoms with Crippen molar-refractivity contribution in [3.8, 4) is 21.1 Å². The van der Waals surface area contributed by atoms with Crippen LogP contribution in [0.25, 0.3) is 21.1 Å². The summed E-state index contributed by atoms with van der Waals surface area (Å²) in [5.74, 6) is 0. The van der Waals surface area contributed by atoms with E-state index in [4.69, 9.17) is 0 Å². The van der Waals surface area contributed by atoms with Gasteiger partial charge in [0.1, 0.15) is 5.01 Å². The van der Waals surface area contributed by atoms with Crippen LogP contribution in [0.2, 0.25) is 0 Å². The maximum absolute atomic E-state index is 12.8.